The van der Waals surface area contributed by atoms with Gasteiger partial charge in [-0.3, -0.25) is 0 Å². The van der Waals surface area contributed by atoms with Crippen LogP contribution in [0.4, 0.5) is 0 Å². The number of carboxylic acids is 1. The second kappa shape index (κ2) is 4.63. The van der Waals surface area contributed by atoms with Crippen molar-refractivity contribution < 1.29 is 14.3 Å². The standard InChI is InChI=1S/C13H11ClO3/c1-2-8-3-5-9(6-4-8)12-10(13(15)16)7-11(14)17-12/h3-7H,2H2,1H3,(H,15,16). The van der Waals surface area contributed by atoms with Crippen LogP contribution in [-0.2, 0) is 6.42 Å². The molecule has 0 bridgehead atoms. The molecule has 0 saturated heterocycles. The summed E-state index contributed by atoms with van der Waals surface area (Å²) in [6, 6.07) is 8.86. The fraction of sp³-hybridized carbons (Fsp3) is 0.154. The third-order valence-electron chi connectivity index (χ3n) is 2.56. The van der Waals surface area contributed by atoms with E-state index in [4.69, 9.17) is 21.1 Å². The number of carboxylic acid groups (broad SMARTS) is 1. The van der Waals surface area contributed by atoms with Crippen molar-refractivity contribution in [2.24, 2.45) is 0 Å². The second-order valence-corrected chi connectivity index (χ2v) is 4.02. The topological polar surface area (TPSA) is 50.4 Å². The van der Waals surface area contributed by atoms with E-state index in [9.17, 15) is 4.79 Å². The van der Waals surface area contributed by atoms with Crippen LogP contribution < -0.4 is 0 Å². The lowest BCUT2D eigenvalue weighted by Crippen LogP contribution is -1.95. The van der Waals surface area contributed by atoms with Crippen molar-refractivity contribution >= 4 is 17.6 Å². The molecule has 1 N–H and O–H groups in total. The lowest BCUT2D eigenvalue weighted by Gasteiger charge is -2.01. The third kappa shape index (κ3) is 2.34. The van der Waals surface area contributed by atoms with E-state index >= 15 is 0 Å². The molecule has 0 atom stereocenters. The molecule has 4 heteroatoms. The predicted molar refractivity (Wildman–Crippen MR) is 65.5 cm³/mol. The van der Waals surface area contributed by atoms with E-state index in [2.05, 4.69) is 6.92 Å². The summed E-state index contributed by atoms with van der Waals surface area (Å²) < 4.78 is 5.22. The molecule has 0 unspecified atom stereocenters. The SMILES string of the molecule is CCc1ccc(-c2oc(Cl)cc2C(=O)O)cc1. The molecule has 0 radical (unpaired) electrons. The monoisotopic (exact) mass is 250 g/mol. The summed E-state index contributed by atoms with van der Waals surface area (Å²) in [5.41, 5.74) is 1.98. The van der Waals surface area contributed by atoms with Gasteiger partial charge in [0.15, 0.2) is 11.0 Å². The van der Waals surface area contributed by atoms with Gasteiger partial charge >= 0.3 is 5.97 Å². The maximum Gasteiger partial charge on any atom is 0.339 e. The van der Waals surface area contributed by atoms with E-state index in [1.54, 1.807) is 0 Å². The molecule has 2 rings (SSSR count). The molecule has 0 spiro atoms. The van der Waals surface area contributed by atoms with Gasteiger partial charge in [-0.1, -0.05) is 31.2 Å². The normalized spacial score (nSPS) is 10.5. The van der Waals surface area contributed by atoms with Crippen LogP contribution in [0.15, 0.2) is 34.7 Å². The van der Waals surface area contributed by atoms with Crippen LogP contribution in [0.5, 0.6) is 0 Å². The first-order valence-corrected chi connectivity index (χ1v) is 5.61. The van der Waals surface area contributed by atoms with E-state index in [-0.39, 0.29) is 10.8 Å². The lowest BCUT2D eigenvalue weighted by molar-refractivity contribution is 0.0697. The Morgan fingerprint density at radius 3 is 2.53 bits per heavy atom. The Morgan fingerprint density at radius 1 is 1.35 bits per heavy atom. The van der Waals surface area contributed by atoms with E-state index in [0.717, 1.165) is 6.42 Å². The fourth-order valence-corrected chi connectivity index (χ4v) is 1.81. The van der Waals surface area contributed by atoms with Crippen LogP contribution in [0.25, 0.3) is 11.3 Å². The number of furan rings is 1. The zero-order chi connectivity index (χ0) is 12.4. The average Bonchev–Trinajstić information content (AvgIpc) is 2.72. The molecule has 0 amide bonds. The zero-order valence-corrected chi connectivity index (χ0v) is 9.99. The van der Waals surface area contributed by atoms with Gasteiger partial charge in [-0.05, 0) is 23.6 Å². The quantitative estimate of drug-likeness (QED) is 0.900. The van der Waals surface area contributed by atoms with Crippen LogP contribution >= 0.6 is 11.6 Å². The summed E-state index contributed by atoms with van der Waals surface area (Å²) in [5, 5.41) is 9.10. The summed E-state index contributed by atoms with van der Waals surface area (Å²) in [6.45, 7) is 2.06. The Balaban J connectivity index is 2.48. The molecule has 1 aromatic heterocycles. The van der Waals surface area contributed by atoms with Gasteiger partial charge in [0.2, 0.25) is 0 Å². The molecule has 0 saturated carbocycles. The van der Waals surface area contributed by atoms with Crippen LogP contribution in [0.1, 0.15) is 22.8 Å². The molecular formula is C13H11ClO3. The van der Waals surface area contributed by atoms with E-state index in [1.165, 1.54) is 11.6 Å². The minimum Gasteiger partial charge on any atom is -0.478 e. The van der Waals surface area contributed by atoms with Crippen molar-refractivity contribution in [1.29, 1.82) is 0 Å². The highest BCUT2D eigenvalue weighted by molar-refractivity contribution is 6.29. The van der Waals surface area contributed by atoms with Crippen LogP contribution in [0, 0.1) is 0 Å². The number of halogens is 1. The summed E-state index contributed by atoms with van der Waals surface area (Å²) >= 11 is 5.69. The largest absolute Gasteiger partial charge is 0.478 e. The van der Waals surface area contributed by atoms with Gasteiger partial charge in [0.05, 0.1) is 0 Å². The van der Waals surface area contributed by atoms with Crippen molar-refractivity contribution in [3.8, 4) is 11.3 Å². The van der Waals surface area contributed by atoms with Gasteiger partial charge in [0.25, 0.3) is 0 Å². The maximum atomic E-state index is 11.0. The molecule has 0 aliphatic heterocycles. The van der Waals surface area contributed by atoms with Crippen molar-refractivity contribution in [3.05, 3.63) is 46.7 Å². The first kappa shape index (κ1) is 11.7. The average molecular weight is 251 g/mol. The van der Waals surface area contributed by atoms with Gasteiger partial charge in [-0.25, -0.2) is 4.79 Å². The van der Waals surface area contributed by atoms with Gasteiger partial charge in [0, 0.05) is 11.6 Å². The summed E-state index contributed by atoms with van der Waals surface area (Å²) in [5.74, 6) is -0.750. The number of benzene rings is 1. The summed E-state index contributed by atoms with van der Waals surface area (Å²) in [7, 11) is 0. The number of carbonyl (C=O) groups is 1. The molecule has 0 aliphatic carbocycles. The number of hydrogen-bond acceptors (Lipinski definition) is 2. The highest BCUT2D eigenvalue weighted by atomic mass is 35.5. The van der Waals surface area contributed by atoms with Gasteiger partial charge in [0.1, 0.15) is 5.56 Å². The van der Waals surface area contributed by atoms with E-state index in [0.29, 0.717) is 11.3 Å². The molecule has 88 valence electrons. The first-order chi connectivity index (χ1) is 8.11. The van der Waals surface area contributed by atoms with Gasteiger partial charge in [-0.2, -0.15) is 0 Å². The second-order valence-electron chi connectivity index (χ2n) is 3.65. The van der Waals surface area contributed by atoms with Crippen LogP contribution in [-0.4, -0.2) is 11.1 Å². The number of aromatic carboxylic acids is 1. The molecule has 2 aromatic rings. The Hall–Kier alpha value is -1.74. The Kier molecular flexibility index (Phi) is 3.20. The first-order valence-electron chi connectivity index (χ1n) is 5.23. The molecule has 1 heterocycles. The fourth-order valence-electron chi connectivity index (χ4n) is 1.63. The molecule has 0 fully saturated rings. The van der Waals surface area contributed by atoms with E-state index in [1.807, 2.05) is 24.3 Å². The Labute approximate surface area is 104 Å². The number of rotatable bonds is 3. The van der Waals surface area contributed by atoms with Crippen molar-refractivity contribution in [2.75, 3.05) is 0 Å². The lowest BCUT2D eigenvalue weighted by atomic mass is 10.1. The Bertz CT molecular complexity index is 540. The van der Waals surface area contributed by atoms with Crippen LogP contribution in [0.3, 0.4) is 0 Å². The molecule has 3 nitrogen and oxygen atoms in total. The molecule has 17 heavy (non-hydrogen) atoms. The molecular weight excluding hydrogens is 240 g/mol. The Morgan fingerprint density at radius 2 is 2.00 bits per heavy atom. The maximum absolute atomic E-state index is 11.0. The minimum atomic E-state index is -1.05. The van der Waals surface area contributed by atoms with Crippen molar-refractivity contribution in [3.63, 3.8) is 0 Å². The molecule has 0 aliphatic rings. The van der Waals surface area contributed by atoms with Crippen LogP contribution in [0.2, 0.25) is 5.22 Å². The third-order valence-corrected chi connectivity index (χ3v) is 2.74. The minimum absolute atomic E-state index is 0.0805. The smallest absolute Gasteiger partial charge is 0.339 e. The molecule has 1 aromatic carbocycles. The number of aryl methyl sites for hydroxylation is 1. The highest BCUT2D eigenvalue weighted by Gasteiger charge is 2.17. The number of hydrogen-bond donors (Lipinski definition) is 1. The van der Waals surface area contributed by atoms with Gasteiger partial charge in [-0.15, -0.1) is 0 Å². The summed E-state index contributed by atoms with van der Waals surface area (Å²) in [4.78, 5) is 11.0. The zero-order valence-electron chi connectivity index (χ0n) is 9.24. The predicted octanol–water partition coefficient (Wildman–Crippen LogP) is 3.86. The van der Waals surface area contributed by atoms with Gasteiger partial charge < -0.3 is 9.52 Å². The summed E-state index contributed by atoms with van der Waals surface area (Å²) in [6.07, 6.45) is 0.935. The van der Waals surface area contributed by atoms with Crippen molar-refractivity contribution in [2.45, 2.75) is 13.3 Å². The highest BCUT2D eigenvalue weighted by Crippen LogP contribution is 2.30. The van der Waals surface area contributed by atoms with E-state index < -0.39 is 5.97 Å². The van der Waals surface area contributed by atoms with Crippen molar-refractivity contribution in [1.82, 2.24) is 0 Å².